The van der Waals surface area contributed by atoms with E-state index in [-0.39, 0.29) is 24.9 Å². The molecule has 5 nitrogen and oxygen atoms in total. The minimum atomic E-state index is -0.112. The maximum Gasteiger partial charge on any atom is 0.250 e. The standard InChI is InChI=1S/C6H7N3O2/c10-5-3-9-4(1-8-5)7-2-6(9)11/h1-3H2,(H,8,10). The number of amides is 2. The van der Waals surface area contributed by atoms with Gasteiger partial charge < -0.3 is 5.32 Å². The first-order valence-electron chi connectivity index (χ1n) is 3.38. The summed E-state index contributed by atoms with van der Waals surface area (Å²) in [7, 11) is 0. The molecule has 1 saturated heterocycles. The Bertz CT molecular complexity index is 259. The lowest BCUT2D eigenvalue weighted by Crippen LogP contribution is -2.51. The van der Waals surface area contributed by atoms with Crippen molar-refractivity contribution in [2.75, 3.05) is 19.6 Å². The second-order valence-corrected chi connectivity index (χ2v) is 2.49. The number of nitrogens with zero attached hydrogens (tertiary/aromatic N) is 2. The van der Waals surface area contributed by atoms with Gasteiger partial charge in [-0.15, -0.1) is 0 Å². The van der Waals surface area contributed by atoms with Gasteiger partial charge in [0.05, 0.1) is 6.54 Å². The molecular weight excluding hydrogens is 146 g/mol. The van der Waals surface area contributed by atoms with E-state index in [0.717, 1.165) is 0 Å². The molecule has 58 valence electrons. The van der Waals surface area contributed by atoms with Gasteiger partial charge in [-0.25, -0.2) is 0 Å². The Labute approximate surface area is 63.1 Å². The summed E-state index contributed by atoms with van der Waals surface area (Å²) in [6, 6.07) is 0. The van der Waals surface area contributed by atoms with Crippen molar-refractivity contribution in [3.8, 4) is 0 Å². The van der Waals surface area contributed by atoms with Crippen molar-refractivity contribution in [2.45, 2.75) is 0 Å². The van der Waals surface area contributed by atoms with E-state index in [1.165, 1.54) is 4.90 Å². The molecule has 2 aliphatic rings. The third-order valence-electron chi connectivity index (χ3n) is 1.75. The third-order valence-corrected chi connectivity index (χ3v) is 1.75. The molecule has 0 saturated carbocycles. The first-order valence-corrected chi connectivity index (χ1v) is 3.38. The lowest BCUT2D eigenvalue weighted by Gasteiger charge is -2.22. The number of amidine groups is 1. The quantitative estimate of drug-likeness (QED) is 0.453. The zero-order valence-electron chi connectivity index (χ0n) is 5.83. The van der Waals surface area contributed by atoms with Crippen molar-refractivity contribution in [2.24, 2.45) is 4.99 Å². The SMILES string of the molecule is O=C1CN2C(=O)CN=C2CN1. The minimum absolute atomic E-state index is 0.0742. The minimum Gasteiger partial charge on any atom is -0.347 e. The Balaban J connectivity index is 2.21. The largest absolute Gasteiger partial charge is 0.347 e. The summed E-state index contributed by atoms with van der Waals surface area (Å²) in [4.78, 5) is 27.2. The van der Waals surface area contributed by atoms with E-state index in [9.17, 15) is 9.59 Å². The van der Waals surface area contributed by atoms with E-state index < -0.39 is 0 Å². The number of hydrogen-bond donors (Lipinski definition) is 1. The molecule has 2 amide bonds. The first-order chi connectivity index (χ1) is 5.27. The van der Waals surface area contributed by atoms with Crippen LogP contribution in [0.1, 0.15) is 0 Å². The Hall–Kier alpha value is -1.39. The Morgan fingerprint density at radius 2 is 2.27 bits per heavy atom. The van der Waals surface area contributed by atoms with Gasteiger partial charge in [-0.1, -0.05) is 0 Å². The van der Waals surface area contributed by atoms with Crippen LogP contribution in [-0.2, 0) is 9.59 Å². The molecule has 0 aliphatic carbocycles. The molecule has 0 bridgehead atoms. The highest BCUT2D eigenvalue weighted by Gasteiger charge is 2.30. The lowest BCUT2D eigenvalue weighted by molar-refractivity contribution is -0.131. The fraction of sp³-hybridized carbons (Fsp3) is 0.500. The summed E-state index contributed by atoms with van der Waals surface area (Å²) in [6.45, 7) is 0.729. The predicted molar refractivity (Wildman–Crippen MR) is 37.0 cm³/mol. The lowest BCUT2D eigenvalue weighted by atomic mass is 10.3. The maximum absolute atomic E-state index is 11.0. The molecule has 11 heavy (non-hydrogen) atoms. The van der Waals surface area contributed by atoms with Gasteiger partial charge in [-0.2, -0.15) is 0 Å². The average Bonchev–Trinajstić information content (AvgIpc) is 2.33. The number of rotatable bonds is 0. The molecule has 5 heteroatoms. The van der Waals surface area contributed by atoms with Gasteiger partial charge in [0.1, 0.15) is 18.9 Å². The molecule has 0 aromatic carbocycles. The van der Waals surface area contributed by atoms with Crippen LogP contribution in [0.2, 0.25) is 0 Å². The second-order valence-electron chi connectivity index (χ2n) is 2.49. The Kier molecular flexibility index (Phi) is 1.18. The van der Waals surface area contributed by atoms with Gasteiger partial charge in [0.2, 0.25) is 11.8 Å². The third kappa shape index (κ3) is 0.886. The molecular formula is C6H7N3O2. The number of piperazine rings is 1. The van der Waals surface area contributed by atoms with Crippen molar-refractivity contribution in [3.05, 3.63) is 0 Å². The van der Waals surface area contributed by atoms with Crippen LogP contribution in [0.5, 0.6) is 0 Å². The van der Waals surface area contributed by atoms with Crippen molar-refractivity contribution in [1.82, 2.24) is 10.2 Å². The Morgan fingerprint density at radius 3 is 3.09 bits per heavy atom. The molecule has 0 atom stereocenters. The number of carbonyl (C=O) groups is 2. The van der Waals surface area contributed by atoms with Gasteiger partial charge >= 0.3 is 0 Å². The van der Waals surface area contributed by atoms with Crippen LogP contribution in [0.15, 0.2) is 4.99 Å². The average molecular weight is 153 g/mol. The Morgan fingerprint density at radius 1 is 1.45 bits per heavy atom. The van der Waals surface area contributed by atoms with Crippen LogP contribution in [0.3, 0.4) is 0 Å². The number of aliphatic imine (C=N–C) groups is 1. The smallest absolute Gasteiger partial charge is 0.250 e. The van der Waals surface area contributed by atoms with Crippen LogP contribution >= 0.6 is 0 Å². The van der Waals surface area contributed by atoms with E-state index in [2.05, 4.69) is 10.3 Å². The maximum atomic E-state index is 11.0. The number of fused-ring (bicyclic) bond motifs is 1. The molecule has 0 unspecified atom stereocenters. The fourth-order valence-electron chi connectivity index (χ4n) is 1.18. The van der Waals surface area contributed by atoms with Gasteiger partial charge in [-0.3, -0.25) is 19.5 Å². The van der Waals surface area contributed by atoms with E-state index in [4.69, 9.17) is 0 Å². The zero-order chi connectivity index (χ0) is 7.84. The highest BCUT2D eigenvalue weighted by Crippen LogP contribution is 2.05. The highest BCUT2D eigenvalue weighted by molar-refractivity contribution is 6.09. The van der Waals surface area contributed by atoms with Crippen molar-refractivity contribution >= 4 is 17.6 Å². The predicted octanol–water partition coefficient (Wildman–Crippen LogP) is -1.64. The van der Waals surface area contributed by atoms with Crippen LogP contribution in [-0.4, -0.2) is 42.2 Å². The zero-order valence-corrected chi connectivity index (χ0v) is 5.83. The molecule has 2 heterocycles. The fourth-order valence-corrected chi connectivity index (χ4v) is 1.18. The van der Waals surface area contributed by atoms with E-state index in [0.29, 0.717) is 12.4 Å². The summed E-state index contributed by atoms with van der Waals surface area (Å²) >= 11 is 0. The number of hydrogen-bond acceptors (Lipinski definition) is 3. The summed E-state index contributed by atoms with van der Waals surface area (Å²) in [6.07, 6.45) is 0. The molecule has 2 rings (SSSR count). The highest BCUT2D eigenvalue weighted by atomic mass is 16.2. The summed E-state index contributed by atoms with van der Waals surface area (Å²) in [5, 5.41) is 2.61. The van der Waals surface area contributed by atoms with Crippen LogP contribution in [0, 0.1) is 0 Å². The molecule has 1 fully saturated rings. The normalized spacial score (nSPS) is 22.9. The van der Waals surface area contributed by atoms with Crippen LogP contribution in [0.25, 0.3) is 0 Å². The molecule has 0 aromatic heterocycles. The number of carbonyl (C=O) groups excluding carboxylic acids is 2. The molecule has 1 N–H and O–H groups in total. The van der Waals surface area contributed by atoms with Gasteiger partial charge in [0.15, 0.2) is 0 Å². The van der Waals surface area contributed by atoms with Crippen molar-refractivity contribution in [3.63, 3.8) is 0 Å². The molecule has 2 aliphatic heterocycles. The summed E-state index contributed by atoms with van der Waals surface area (Å²) in [5.74, 6) is 0.503. The van der Waals surface area contributed by atoms with Crippen molar-refractivity contribution in [1.29, 1.82) is 0 Å². The summed E-state index contributed by atoms with van der Waals surface area (Å²) in [5.41, 5.74) is 0. The molecule has 0 aromatic rings. The van der Waals surface area contributed by atoms with Crippen molar-refractivity contribution < 1.29 is 9.59 Å². The van der Waals surface area contributed by atoms with Crippen LogP contribution < -0.4 is 5.32 Å². The van der Waals surface area contributed by atoms with E-state index >= 15 is 0 Å². The van der Waals surface area contributed by atoms with Gasteiger partial charge in [-0.05, 0) is 0 Å². The second kappa shape index (κ2) is 2.05. The topological polar surface area (TPSA) is 61.8 Å². The molecule has 0 radical (unpaired) electrons. The molecule has 0 spiro atoms. The van der Waals surface area contributed by atoms with E-state index in [1.54, 1.807) is 0 Å². The van der Waals surface area contributed by atoms with Gasteiger partial charge in [0.25, 0.3) is 0 Å². The van der Waals surface area contributed by atoms with Crippen LogP contribution in [0.4, 0.5) is 0 Å². The van der Waals surface area contributed by atoms with Gasteiger partial charge in [0, 0.05) is 0 Å². The summed E-state index contributed by atoms with van der Waals surface area (Å²) < 4.78 is 0. The monoisotopic (exact) mass is 153 g/mol. The number of nitrogens with one attached hydrogen (secondary N) is 1. The van der Waals surface area contributed by atoms with E-state index in [1.807, 2.05) is 0 Å². The first kappa shape index (κ1) is 6.33.